The number of hydrogen-bond donors (Lipinski definition) is 1. The van der Waals surface area contributed by atoms with Crippen LogP contribution in [0.15, 0.2) is 36.4 Å². The van der Waals surface area contributed by atoms with Crippen molar-refractivity contribution >= 4 is 50.2 Å². The summed E-state index contributed by atoms with van der Waals surface area (Å²) >= 11 is 7.08. The predicted octanol–water partition coefficient (Wildman–Crippen LogP) is 4.13. The molecule has 3 rings (SSSR count). The van der Waals surface area contributed by atoms with E-state index in [0.717, 1.165) is 16.8 Å². The molecule has 0 aliphatic heterocycles. The highest BCUT2D eigenvalue weighted by atomic mass is 35.5. The molecule has 3 aromatic rings. The molecule has 0 unspecified atom stereocenters. The van der Waals surface area contributed by atoms with Crippen LogP contribution in [0.5, 0.6) is 0 Å². The highest BCUT2D eigenvalue weighted by Crippen LogP contribution is 2.28. The van der Waals surface area contributed by atoms with Gasteiger partial charge in [0.2, 0.25) is 0 Å². The summed E-state index contributed by atoms with van der Waals surface area (Å²) < 4.78 is 18.4. The van der Waals surface area contributed by atoms with Gasteiger partial charge in [0.25, 0.3) is 5.91 Å². The highest BCUT2D eigenvalue weighted by Gasteiger charge is 2.14. The van der Waals surface area contributed by atoms with Gasteiger partial charge in [-0.3, -0.25) is 10.1 Å². The Morgan fingerprint density at radius 3 is 2.75 bits per heavy atom. The Bertz CT molecular complexity index is 958. The number of carbonyl (C=O) groups excluding carboxylic acids is 2. The van der Waals surface area contributed by atoms with Gasteiger partial charge in [0.1, 0.15) is 5.82 Å². The summed E-state index contributed by atoms with van der Waals surface area (Å²) in [5.41, 5.74) is 1.17. The van der Waals surface area contributed by atoms with Crippen LogP contribution in [-0.2, 0) is 4.74 Å². The number of halogens is 2. The van der Waals surface area contributed by atoms with Gasteiger partial charge in [-0.25, -0.2) is 14.2 Å². The van der Waals surface area contributed by atoms with Crippen LogP contribution in [0.4, 0.5) is 9.52 Å². The fraction of sp³-hybridized carbons (Fsp3) is 0.0625. The van der Waals surface area contributed by atoms with E-state index in [2.05, 4.69) is 15.0 Å². The third kappa shape index (κ3) is 3.22. The number of carbonyl (C=O) groups is 2. The van der Waals surface area contributed by atoms with Gasteiger partial charge >= 0.3 is 5.97 Å². The minimum atomic E-state index is -0.521. The first-order valence-electron chi connectivity index (χ1n) is 6.73. The van der Waals surface area contributed by atoms with Gasteiger partial charge < -0.3 is 4.74 Å². The molecule has 0 bridgehead atoms. The molecule has 0 saturated carbocycles. The second kappa shape index (κ2) is 6.54. The normalized spacial score (nSPS) is 10.6. The lowest BCUT2D eigenvalue weighted by molar-refractivity contribution is 0.0601. The number of nitrogens with one attached hydrogen (secondary N) is 1. The zero-order chi connectivity index (χ0) is 17.3. The first kappa shape index (κ1) is 16.4. The van der Waals surface area contributed by atoms with Gasteiger partial charge in [-0.05, 0) is 36.4 Å². The molecular weight excluding hydrogens is 355 g/mol. The second-order valence-electron chi connectivity index (χ2n) is 4.77. The molecule has 5 nitrogen and oxygen atoms in total. The molecule has 0 radical (unpaired) electrons. The van der Waals surface area contributed by atoms with Crippen molar-refractivity contribution in [3.05, 3.63) is 58.4 Å². The maximum Gasteiger partial charge on any atom is 0.337 e. The molecule has 24 heavy (non-hydrogen) atoms. The average Bonchev–Trinajstić information content (AvgIpc) is 2.95. The van der Waals surface area contributed by atoms with E-state index in [1.165, 1.54) is 24.5 Å². The maximum atomic E-state index is 13.0. The van der Waals surface area contributed by atoms with E-state index in [1.807, 2.05) is 0 Å². The summed E-state index contributed by atoms with van der Waals surface area (Å²) in [4.78, 5) is 28.0. The predicted molar refractivity (Wildman–Crippen MR) is 90.3 cm³/mol. The Labute approximate surface area is 145 Å². The van der Waals surface area contributed by atoms with Crippen molar-refractivity contribution in [1.82, 2.24) is 4.98 Å². The van der Waals surface area contributed by atoms with Crippen LogP contribution >= 0.6 is 22.9 Å². The van der Waals surface area contributed by atoms with Gasteiger partial charge in [-0.15, -0.1) is 0 Å². The van der Waals surface area contributed by atoms with Crippen molar-refractivity contribution < 1.29 is 18.7 Å². The number of benzene rings is 2. The molecule has 0 aliphatic rings. The molecule has 0 saturated heterocycles. The fourth-order valence-electron chi connectivity index (χ4n) is 2.06. The molecule has 122 valence electrons. The van der Waals surface area contributed by atoms with E-state index in [4.69, 9.17) is 11.6 Å². The summed E-state index contributed by atoms with van der Waals surface area (Å²) in [5, 5.41) is 2.98. The Kier molecular flexibility index (Phi) is 4.46. The smallest absolute Gasteiger partial charge is 0.337 e. The van der Waals surface area contributed by atoms with Crippen molar-refractivity contribution in [1.29, 1.82) is 0 Å². The van der Waals surface area contributed by atoms with E-state index < -0.39 is 17.7 Å². The Balaban J connectivity index is 1.87. The molecule has 0 fully saturated rings. The van der Waals surface area contributed by atoms with E-state index >= 15 is 0 Å². The first-order valence-corrected chi connectivity index (χ1v) is 7.92. The summed E-state index contributed by atoms with van der Waals surface area (Å²) in [6.45, 7) is 0. The lowest BCUT2D eigenvalue weighted by Crippen LogP contribution is -2.12. The molecule has 0 atom stereocenters. The maximum absolute atomic E-state index is 13.0. The van der Waals surface area contributed by atoms with Gasteiger partial charge in [-0.2, -0.15) is 0 Å². The Morgan fingerprint density at radius 2 is 2.04 bits per heavy atom. The monoisotopic (exact) mass is 364 g/mol. The van der Waals surface area contributed by atoms with Crippen LogP contribution < -0.4 is 5.32 Å². The SMILES string of the molecule is COC(=O)c1ccc2nc(NC(=O)c3ccc(F)cc3Cl)sc2c1. The zero-order valence-electron chi connectivity index (χ0n) is 12.3. The van der Waals surface area contributed by atoms with Crippen molar-refractivity contribution in [3.8, 4) is 0 Å². The lowest BCUT2D eigenvalue weighted by atomic mass is 10.2. The van der Waals surface area contributed by atoms with Gasteiger partial charge in [-0.1, -0.05) is 22.9 Å². The number of hydrogen-bond acceptors (Lipinski definition) is 5. The van der Waals surface area contributed by atoms with Crippen LogP contribution in [0.3, 0.4) is 0 Å². The number of ether oxygens (including phenoxy) is 1. The molecular formula is C16H10ClFN2O3S. The third-order valence-electron chi connectivity index (χ3n) is 3.21. The first-order chi connectivity index (χ1) is 11.5. The standard InChI is InChI=1S/C16H10ClFN2O3S/c1-23-15(22)8-2-5-12-13(6-8)24-16(19-12)20-14(21)10-4-3-9(18)7-11(10)17/h2-7H,1H3,(H,19,20,21). The van der Waals surface area contributed by atoms with Crippen LogP contribution in [0.2, 0.25) is 5.02 Å². The number of methoxy groups -OCH3 is 1. The quantitative estimate of drug-likeness (QED) is 0.709. The molecule has 1 N–H and O–H groups in total. The molecule has 1 amide bonds. The summed E-state index contributed by atoms with van der Waals surface area (Å²) in [7, 11) is 1.30. The largest absolute Gasteiger partial charge is 0.465 e. The Hall–Kier alpha value is -2.51. The Morgan fingerprint density at radius 1 is 1.25 bits per heavy atom. The van der Waals surface area contributed by atoms with E-state index in [9.17, 15) is 14.0 Å². The summed E-state index contributed by atoms with van der Waals surface area (Å²) in [6, 6.07) is 8.42. The van der Waals surface area contributed by atoms with E-state index in [0.29, 0.717) is 16.2 Å². The molecule has 0 aliphatic carbocycles. The van der Waals surface area contributed by atoms with Gasteiger partial charge in [0.15, 0.2) is 5.13 Å². The average molecular weight is 365 g/mol. The van der Waals surface area contributed by atoms with Gasteiger partial charge in [0, 0.05) is 0 Å². The number of nitrogens with zero attached hydrogens (tertiary/aromatic N) is 1. The molecule has 1 aromatic heterocycles. The number of thiazole rings is 1. The minimum Gasteiger partial charge on any atom is -0.465 e. The van der Waals surface area contributed by atoms with Crippen molar-refractivity contribution in [2.24, 2.45) is 0 Å². The van der Waals surface area contributed by atoms with Crippen LogP contribution in [0, 0.1) is 5.82 Å². The third-order valence-corrected chi connectivity index (χ3v) is 4.45. The number of anilines is 1. The van der Waals surface area contributed by atoms with E-state index in [-0.39, 0.29) is 10.6 Å². The topological polar surface area (TPSA) is 68.3 Å². The number of aromatic nitrogens is 1. The number of amides is 1. The lowest BCUT2D eigenvalue weighted by Gasteiger charge is -2.03. The van der Waals surface area contributed by atoms with Crippen LogP contribution in [-0.4, -0.2) is 24.0 Å². The van der Waals surface area contributed by atoms with Crippen molar-refractivity contribution in [3.63, 3.8) is 0 Å². The number of esters is 1. The number of rotatable bonds is 3. The highest BCUT2D eigenvalue weighted by molar-refractivity contribution is 7.22. The summed E-state index contributed by atoms with van der Waals surface area (Å²) in [5.74, 6) is -1.46. The molecule has 0 spiro atoms. The van der Waals surface area contributed by atoms with Crippen LogP contribution in [0.1, 0.15) is 20.7 Å². The van der Waals surface area contributed by atoms with Gasteiger partial charge in [0.05, 0.1) is 33.5 Å². The molecule has 2 aromatic carbocycles. The van der Waals surface area contributed by atoms with E-state index in [1.54, 1.807) is 18.2 Å². The van der Waals surface area contributed by atoms with Crippen molar-refractivity contribution in [2.75, 3.05) is 12.4 Å². The minimum absolute atomic E-state index is 0.0154. The van der Waals surface area contributed by atoms with Crippen LogP contribution in [0.25, 0.3) is 10.2 Å². The fourth-order valence-corrected chi connectivity index (χ4v) is 3.21. The zero-order valence-corrected chi connectivity index (χ0v) is 13.9. The summed E-state index contributed by atoms with van der Waals surface area (Å²) in [6.07, 6.45) is 0. The second-order valence-corrected chi connectivity index (χ2v) is 6.21. The number of fused-ring (bicyclic) bond motifs is 1. The van der Waals surface area contributed by atoms with Crippen molar-refractivity contribution in [2.45, 2.75) is 0 Å². The molecule has 8 heteroatoms. The molecule has 1 heterocycles.